The number of benzene rings is 1. The van der Waals surface area contributed by atoms with Crippen LogP contribution in [-0.4, -0.2) is 37.4 Å². The first-order chi connectivity index (χ1) is 12.8. The van der Waals surface area contributed by atoms with Crippen LogP contribution in [0.25, 0.3) is 0 Å². The quantitative estimate of drug-likeness (QED) is 0.600. The Morgan fingerprint density at radius 1 is 1.14 bits per heavy atom. The van der Waals surface area contributed by atoms with E-state index in [1.807, 2.05) is 39.8 Å². The van der Waals surface area contributed by atoms with Gasteiger partial charge < -0.3 is 25.3 Å². The molecular weight excluding hydrogens is 380 g/mol. The Hall–Kier alpha value is -1.50. The molecule has 1 fully saturated rings. The number of nitrogens with two attached hydrogens (primary N) is 1. The molecule has 3 N–H and O–H groups in total. The number of ether oxygens (including phenoxy) is 3. The van der Waals surface area contributed by atoms with Crippen LogP contribution in [0.1, 0.15) is 53.9 Å². The molecule has 1 amide bonds. The summed E-state index contributed by atoms with van der Waals surface area (Å²) in [6.07, 6.45) is 2.31. The molecule has 2 rings (SSSR count). The normalized spacial score (nSPS) is 22.6. The Kier molecular flexibility index (Phi) is 9.05. The summed E-state index contributed by atoms with van der Waals surface area (Å²) < 4.78 is 17.2. The van der Waals surface area contributed by atoms with Gasteiger partial charge in [-0.15, -0.1) is 12.4 Å². The second-order valence-electron chi connectivity index (χ2n) is 7.65. The van der Waals surface area contributed by atoms with E-state index in [-0.39, 0.29) is 24.4 Å². The van der Waals surface area contributed by atoms with Crippen molar-refractivity contribution >= 4 is 24.0 Å². The van der Waals surface area contributed by atoms with Gasteiger partial charge in [0.15, 0.2) is 11.5 Å². The van der Waals surface area contributed by atoms with Crippen molar-refractivity contribution in [1.82, 2.24) is 0 Å². The van der Waals surface area contributed by atoms with Gasteiger partial charge in [0.25, 0.3) is 0 Å². The molecule has 2 unspecified atom stereocenters. The van der Waals surface area contributed by atoms with Crippen LogP contribution < -0.4 is 20.5 Å². The van der Waals surface area contributed by atoms with E-state index in [1.54, 1.807) is 6.07 Å². The number of hydrogen-bond donors (Lipinski definition) is 2. The molecule has 0 radical (unpaired) electrons. The fraction of sp³-hybridized carbons (Fsp3) is 0.667. The predicted molar refractivity (Wildman–Crippen MR) is 115 cm³/mol. The highest BCUT2D eigenvalue weighted by atomic mass is 35.5. The summed E-state index contributed by atoms with van der Waals surface area (Å²) in [6.45, 7) is 11.8. The van der Waals surface area contributed by atoms with Crippen molar-refractivity contribution < 1.29 is 19.0 Å². The average molecular weight is 415 g/mol. The minimum absolute atomic E-state index is 0. The molecule has 1 aromatic carbocycles. The van der Waals surface area contributed by atoms with Crippen LogP contribution in [0.3, 0.4) is 0 Å². The van der Waals surface area contributed by atoms with E-state index >= 15 is 0 Å². The summed E-state index contributed by atoms with van der Waals surface area (Å²) in [4.78, 5) is 12.9. The van der Waals surface area contributed by atoms with Crippen molar-refractivity contribution in [1.29, 1.82) is 0 Å². The SMILES string of the molecule is CCCOc1ccc(NC(=O)C2(N)CC(OCC)C2(C)C)cc1OCCC.Cl. The summed E-state index contributed by atoms with van der Waals surface area (Å²) in [7, 11) is 0. The van der Waals surface area contributed by atoms with E-state index < -0.39 is 11.0 Å². The molecule has 160 valence electrons. The van der Waals surface area contributed by atoms with Gasteiger partial charge in [0, 0.05) is 30.2 Å². The van der Waals surface area contributed by atoms with Crippen LogP contribution in [-0.2, 0) is 9.53 Å². The second-order valence-corrected chi connectivity index (χ2v) is 7.65. The number of carbonyl (C=O) groups excluding carboxylic acids is 1. The monoisotopic (exact) mass is 414 g/mol. The first-order valence-corrected chi connectivity index (χ1v) is 9.91. The van der Waals surface area contributed by atoms with Crippen LogP contribution in [0, 0.1) is 5.41 Å². The maximum atomic E-state index is 12.9. The number of rotatable bonds is 10. The average Bonchev–Trinajstić information content (AvgIpc) is 2.65. The molecule has 0 saturated heterocycles. The second kappa shape index (κ2) is 10.3. The van der Waals surface area contributed by atoms with Gasteiger partial charge in [-0.25, -0.2) is 0 Å². The van der Waals surface area contributed by atoms with E-state index in [2.05, 4.69) is 12.2 Å². The Labute approximate surface area is 174 Å². The van der Waals surface area contributed by atoms with E-state index in [9.17, 15) is 4.79 Å². The van der Waals surface area contributed by atoms with E-state index in [0.717, 1.165) is 12.8 Å². The third-order valence-corrected chi connectivity index (χ3v) is 5.36. The molecule has 1 aromatic rings. The lowest BCUT2D eigenvalue weighted by atomic mass is 9.54. The van der Waals surface area contributed by atoms with Gasteiger partial charge >= 0.3 is 0 Å². The molecule has 0 aromatic heterocycles. The van der Waals surface area contributed by atoms with Crippen molar-refractivity contribution in [2.45, 2.75) is 65.5 Å². The highest BCUT2D eigenvalue weighted by Crippen LogP contribution is 2.50. The number of amides is 1. The Balaban J connectivity index is 0.00000392. The van der Waals surface area contributed by atoms with Gasteiger partial charge in [-0.1, -0.05) is 27.7 Å². The molecule has 7 heteroatoms. The molecule has 1 saturated carbocycles. The Bertz CT molecular complexity index is 653. The minimum Gasteiger partial charge on any atom is -0.490 e. The first-order valence-electron chi connectivity index (χ1n) is 9.91. The van der Waals surface area contributed by atoms with Gasteiger partial charge in [-0.3, -0.25) is 4.79 Å². The fourth-order valence-electron chi connectivity index (χ4n) is 3.31. The molecule has 0 spiro atoms. The zero-order valence-corrected chi connectivity index (χ0v) is 18.5. The Morgan fingerprint density at radius 2 is 1.75 bits per heavy atom. The lowest BCUT2D eigenvalue weighted by Gasteiger charge is -2.57. The molecular formula is C21H35ClN2O4. The molecule has 28 heavy (non-hydrogen) atoms. The maximum Gasteiger partial charge on any atom is 0.245 e. The number of nitrogens with one attached hydrogen (secondary N) is 1. The number of halogens is 1. The minimum atomic E-state index is -0.964. The maximum absolute atomic E-state index is 12.9. The van der Waals surface area contributed by atoms with Crippen molar-refractivity contribution in [2.75, 3.05) is 25.1 Å². The van der Waals surface area contributed by atoms with Crippen LogP contribution >= 0.6 is 12.4 Å². The number of carbonyl (C=O) groups is 1. The highest BCUT2D eigenvalue weighted by Gasteiger charge is 2.62. The number of hydrogen-bond acceptors (Lipinski definition) is 5. The highest BCUT2D eigenvalue weighted by molar-refractivity contribution is 6.00. The zero-order valence-electron chi connectivity index (χ0n) is 17.7. The van der Waals surface area contributed by atoms with E-state index in [0.29, 0.717) is 43.4 Å². The van der Waals surface area contributed by atoms with Crippen molar-refractivity contribution in [3.63, 3.8) is 0 Å². The van der Waals surface area contributed by atoms with Crippen molar-refractivity contribution in [2.24, 2.45) is 11.1 Å². The Morgan fingerprint density at radius 3 is 2.29 bits per heavy atom. The standard InChI is InChI=1S/C21H34N2O4.ClH/c1-6-11-26-16-10-9-15(13-17(16)27-12-7-2)23-19(24)21(22)14-18(25-8-3)20(21,4)5;/h9-10,13,18H,6-8,11-12,14,22H2,1-5H3,(H,23,24);1H. The third-order valence-electron chi connectivity index (χ3n) is 5.36. The van der Waals surface area contributed by atoms with Crippen LogP contribution in [0.2, 0.25) is 0 Å². The summed E-state index contributed by atoms with van der Waals surface area (Å²) in [5, 5.41) is 2.95. The number of anilines is 1. The van der Waals surface area contributed by atoms with Crippen LogP contribution in [0.4, 0.5) is 5.69 Å². The van der Waals surface area contributed by atoms with Crippen LogP contribution in [0.5, 0.6) is 11.5 Å². The van der Waals surface area contributed by atoms with Gasteiger partial charge in [0.2, 0.25) is 5.91 Å². The predicted octanol–water partition coefficient (Wildman–Crippen LogP) is 4.16. The molecule has 2 atom stereocenters. The molecule has 1 aliphatic rings. The van der Waals surface area contributed by atoms with Gasteiger partial charge in [-0.2, -0.15) is 0 Å². The molecule has 6 nitrogen and oxygen atoms in total. The summed E-state index contributed by atoms with van der Waals surface area (Å²) in [5.74, 6) is 1.12. The molecule has 0 heterocycles. The summed E-state index contributed by atoms with van der Waals surface area (Å²) in [6, 6.07) is 5.44. The molecule has 1 aliphatic carbocycles. The molecule has 0 aliphatic heterocycles. The topological polar surface area (TPSA) is 82.8 Å². The lowest BCUT2D eigenvalue weighted by molar-refractivity contribution is -0.166. The smallest absolute Gasteiger partial charge is 0.245 e. The van der Waals surface area contributed by atoms with Crippen LogP contribution in [0.15, 0.2) is 18.2 Å². The van der Waals surface area contributed by atoms with Crippen molar-refractivity contribution in [3.05, 3.63) is 18.2 Å². The molecule has 0 bridgehead atoms. The first kappa shape index (κ1) is 24.5. The van der Waals surface area contributed by atoms with Gasteiger partial charge in [0.05, 0.1) is 19.3 Å². The van der Waals surface area contributed by atoms with Gasteiger partial charge in [0.1, 0.15) is 5.54 Å². The summed E-state index contributed by atoms with van der Waals surface area (Å²) in [5.41, 5.74) is 5.71. The zero-order chi connectivity index (χ0) is 20.1. The largest absolute Gasteiger partial charge is 0.490 e. The third kappa shape index (κ3) is 4.91. The van der Waals surface area contributed by atoms with Gasteiger partial charge in [-0.05, 0) is 31.9 Å². The van der Waals surface area contributed by atoms with E-state index in [4.69, 9.17) is 19.9 Å². The fourth-order valence-corrected chi connectivity index (χ4v) is 3.31. The lowest BCUT2D eigenvalue weighted by Crippen LogP contribution is -2.74. The summed E-state index contributed by atoms with van der Waals surface area (Å²) >= 11 is 0. The van der Waals surface area contributed by atoms with Crippen molar-refractivity contribution in [3.8, 4) is 11.5 Å². The van der Waals surface area contributed by atoms with E-state index in [1.165, 1.54) is 0 Å².